The molecule has 2 fully saturated rings. The van der Waals surface area contributed by atoms with Crippen LogP contribution in [-0.4, -0.2) is 32.0 Å². The first-order valence-electron chi connectivity index (χ1n) is 11.7. The molecule has 0 saturated carbocycles. The minimum atomic E-state index is -0.889. The van der Waals surface area contributed by atoms with Gasteiger partial charge in [-0.3, -0.25) is 14.4 Å². The Morgan fingerprint density at radius 3 is 2.17 bits per heavy atom. The molecule has 0 N–H and O–H groups in total. The van der Waals surface area contributed by atoms with Gasteiger partial charge in [0, 0.05) is 25.2 Å². The van der Waals surface area contributed by atoms with Crippen LogP contribution in [-0.2, 0) is 14.4 Å². The maximum absolute atomic E-state index is 14.0. The third kappa shape index (κ3) is 3.37. The molecule has 4 aromatic rings. The molecule has 2 amide bonds. The number of para-hydroxylation sites is 1. The van der Waals surface area contributed by atoms with Crippen LogP contribution in [0.1, 0.15) is 11.6 Å². The van der Waals surface area contributed by atoms with Crippen molar-refractivity contribution in [2.45, 2.75) is 12.1 Å². The summed E-state index contributed by atoms with van der Waals surface area (Å²) in [4.78, 5) is 37.3. The van der Waals surface area contributed by atoms with E-state index in [1.165, 1.54) is 4.90 Å². The van der Waals surface area contributed by atoms with Gasteiger partial charge in [0.1, 0.15) is 5.92 Å². The molecule has 0 bridgehead atoms. The topological polar surface area (TPSA) is 53.1 Å². The first-order chi connectivity index (χ1) is 17.0. The number of carbonyl (C=O) groups is 2. The van der Waals surface area contributed by atoms with Gasteiger partial charge in [0.15, 0.2) is 6.10 Å². The van der Waals surface area contributed by atoms with Crippen LogP contribution in [0.3, 0.4) is 0 Å². The lowest BCUT2D eigenvalue weighted by Gasteiger charge is -2.29. The lowest BCUT2D eigenvalue weighted by Crippen LogP contribution is -2.37. The Labute approximate surface area is 203 Å². The third-order valence-electron chi connectivity index (χ3n) is 6.88. The van der Waals surface area contributed by atoms with Crippen molar-refractivity contribution in [2.75, 3.05) is 29.0 Å². The van der Waals surface area contributed by atoms with Crippen LogP contribution >= 0.6 is 0 Å². The molecule has 3 atom stereocenters. The zero-order valence-corrected chi connectivity index (χ0v) is 19.5. The minimum Gasteiger partial charge on any atom is -0.378 e. The van der Waals surface area contributed by atoms with Gasteiger partial charge in [-0.1, -0.05) is 66.7 Å². The van der Waals surface area contributed by atoms with E-state index in [0.717, 1.165) is 27.7 Å². The number of hydrogen-bond acceptors (Lipinski definition) is 5. The number of anilines is 3. The molecule has 174 valence electrons. The second kappa shape index (κ2) is 8.25. The Bertz CT molecular complexity index is 1410. The number of hydrogen-bond donors (Lipinski definition) is 0. The summed E-state index contributed by atoms with van der Waals surface area (Å²) in [6.45, 7) is 0. The van der Waals surface area contributed by atoms with E-state index in [1.807, 2.05) is 116 Å². The van der Waals surface area contributed by atoms with Crippen molar-refractivity contribution in [3.05, 3.63) is 103 Å². The van der Waals surface area contributed by atoms with Crippen molar-refractivity contribution in [3.8, 4) is 0 Å². The minimum absolute atomic E-state index is 0.239. The van der Waals surface area contributed by atoms with Gasteiger partial charge in [-0.2, -0.15) is 0 Å². The van der Waals surface area contributed by atoms with Crippen LogP contribution in [0.15, 0.2) is 97.1 Å². The number of imide groups is 1. The van der Waals surface area contributed by atoms with Gasteiger partial charge in [-0.15, -0.1) is 0 Å². The summed E-state index contributed by atoms with van der Waals surface area (Å²) in [6, 6.07) is 30.7. The van der Waals surface area contributed by atoms with Crippen molar-refractivity contribution >= 4 is 39.6 Å². The Balaban J connectivity index is 1.45. The predicted octanol–water partition coefficient (Wildman–Crippen LogP) is 4.96. The average molecular weight is 464 g/mol. The summed E-state index contributed by atoms with van der Waals surface area (Å²) in [6.07, 6.45) is -0.889. The summed E-state index contributed by atoms with van der Waals surface area (Å²) in [5.74, 6) is -1.23. The van der Waals surface area contributed by atoms with Crippen LogP contribution in [0.4, 0.5) is 17.1 Å². The molecule has 0 aliphatic carbocycles. The number of nitrogens with zero attached hydrogens (tertiary/aromatic N) is 3. The number of benzene rings is 4. The smallest absolute Gasteiger partial charge is 0.266 e. The summed E-state index contributed by atoms with van der Waals surface area (Å²) < 4.78 is 0. The molecular formula is C29H25N3O3. The fraction of sp³-hybridized carbons (Fsp3) is 0.172. The highest BCUT2D eigenvalue weighted by atomic mass is 16.7. The number of fused-ring (bicyclic) bond motifs is 2. The number of hydroxylamine groups is 1. The van der Waals surface area contributed by atoms with E-state index < -0.39 is 18.1 Å². The summed E-state index contributed by atoms with van der Waals surface area (Å²) in [5.41, 5.74) is 3.39. The third-order valence-corrected chi connectivity index (χ3v) is 6.88. The molecule has 2 heterocycles. The van der Waals surface area contributed by atoms with E-state index in [9.17, 15) is 9.59 Å². The first-order valence-corrected chi connectivity index (χ1v) is 11.7. The zero-order valence-electron chi connectivity index (χ0n) is 19.5. The molecule has 2 aliphatic rings. The lowest BCUT2D eigenvalue weighted by molar-refractivity contribution is -0.126. The lowest BCUT2D eigenvalue weighted by atomic mass is 9.90. The fourth-order valence-corrected chi connectivity index (χ4v) is 5.16. The number of carbonyl (C=O) groups excluding carboxylic acids is 2. The first kappa shape index (κ1) is 21.4. The van der Waals surface area contributed by atoms with E-state index in [1.54, 1.807) is 5.06 Å². The average Bonchev–Trinajstić information content (AvgIpc) is 3.40. The molecule has 0 radical (unpaired) electrons. The van der Waals surface area contributed by atoms with Gasteiger partial charge in [0.25, 0.3) is 5.91 Å². The van der Waals surface area contributed by atoms with E-state index in [2.05, 4.69) is 0 Å². The quantitative estimate of drug-likeness (QED) is 0.401. The van der Waals surface area contributed by atoms with Gasteiger partial charge in [0.2, 0.25) is 5.91 Å². The zero-order chi connectivity index (χ0) is 24.1. The normalized spacial score (nSPS) is 21.6. The number of amides is 2. The summed E-state index contributed by atoms with van der Waals surface area (Å²) in [5, 5.41) is 3.57. The predicted molar refractivity (Wildman–Crippen MR) is 137 cm³/mol. The molecule has 6 heteroatoms. The van der Waals surface area contributed by atoms with Crippen molar-refractivity contribution < 1.29 is 14.4 Å². The summed E-state index contributed by atoms with van der Waals surface area (Å²) in [7, 11) is 3.97. The monoisotopic (exact) mass is 463 g/mol. The Kier molecular flexibility index (Phi) is 5.04. The SMILES string of the molecule is CN(C)c1ccc([C@@H]2[C@@H]3C(=O)N(c4cccc5ccccc45)C(=O)[C@@H]3ON2c2ccccc2)cc1. The van der Waals surface area contributed by atoms with Crippen molar-refractivity contribution in [1.82, 2.24) is 0 Å². The van der Waals surface area contributed by atoms with Crippen LogP contribution in [0.2, 0.25) is 0 Å². The highest BCUT2D eigenvalue weighted by Crippen LogP contribution is 2.48. The second-order valence-corrected chi connectivity index (χ2v) is 9.15. The van der Waals surface area contributed by atoms with Crippen LogP contribution in [0.25, 0.3) is 10.8 Å². The van der Waals surface area contributed by atoms with Crippen LogP contribution in [0, 0.1) is 5.92 Å². The Morgan fingerprint density at radius 1 is 0.743 bits per heavy atom. The van der Waals surface area contributed by atoms with Crippen LogP contribution in [0.5, 0.6) is 0 Å². The maximum atomic E-state index is 14.0. The highest BCUT2D eigenvalue weighted by molar-refractivity contribution is 6.26. The van der Waals surface area contributed by atoms with Gasteiger partial charge in [-0.05, 0) is 41.3 Å². The molecule has 6 nitrogen and oxygen atoms in total. The van der Waals surface area contributed by atoms with E-state index in [4.69, 9.17) is 4.84 Å². The Morgan fingerprint density at radius 2 is 1.43 bits per heavy atom. The standard InChI is InChI=1S/C29H25N3O3/c1-30(2)21-17-15-20(16-18-21)26-25-27(35-32(26)22-11-4-3-5-12-22)29(34)31(28(25)33)24-14-8-10-19-9-6-7-13-23(19)24/h3-18,25-27H,1-2H3/t25-,26+,27+/m0/s1. The van der Waals surface area contributed by atoms with Gasteiger partial charge < -0.3 is 4.90 Å². The molecule has 0 spiro atoms. The second-order valence-electron chi connectivity index (χ2n) is 9.15. The molecule has 2 aliphatic heterocycles. The van der Waals surface area contributed by atoms with Crippen LogP contribution < -0.4 is 14.9 Å². The largest absolute Gasteiger partial charge is 0.378 e. The number of rotatable bonds is 4. The maximum Gasteiger partial charge on any atom is 0.266 e. The Hall–Kier alpha value is -4.16. The van der Waals surface area contributed by atoms with E-state index in [0.29, 0.717) is 5.69 Å². The van der Waals surface area contributed by atoms with Crippen molar-refractivity contribution in [1.29, 1.82) is 0 Å². The molecule has 35 heavy (non-hydrogen) atoms. The van der Waals surface area contributed by atoms with Gasteiger partial charge in [-0.25, -0.2) is 9.96 Å². The van der Waals surface area contributed by atoms with E-state index in [-0.39, 0.29) is 11.8 Å². The fourth-order valence-electron chi connectivity index (χ4n) is 5.16. The molecule has 4 aromatic carbocycles. The molecule has 6 rings (SSSR count). The highest BCUT2D eigenvalue weighted by Gasteiger charge is 2.60. The molecule has 0 aromatic heterocycles. The van der Waals surface area contributed by atoms with Gasteiger partial charge >= 0.3 is 0 Å². The van der Waals surface area contributed by atoms with Crippen molar-refractivity contribution in [3.63, 3.8) is 0 Å². The summed E-state index contributed by atoms with van der Waals surface area (Å²) >= 11 is 0. The molecular weight excluding hydrogens is 438 g/mol. The van der Waals surface area contributed by atoms with E-state index >= 15 is 0 Å². The molecule has 2 saturated heterocycles. The molecule has 0 unspecified atom stereocenters. The van der Waals surface area contributed by atoms with Gasteiger partial charge in [0.05, 0.1) is 17.4 Å². The van der Waals surface area contributed by atoms with Crippen molar-refractivity contribution in [2.24, 2.45) is 5.92 Å².